The molecule has 2 fully saturated rings. The van der Waals surface area contributed by atoms with Gasteiger partial charge in [0, 0.05) is 25.7 Å². The molecule has 1 atom stereocenters. The molecular formula is C16H25N3O. The zero-order valence-electron chi connectivity index (χ0n) is 12.5. The molecule has 2 aliphatic heterocycles. The molecule has 0 radical (unpaired) electrons. The summed E-state index contributed by atoms with van der Waals surface area (Å²) in [6.45, 7) is 8.64. The number of rotatable bonds is 3. The zero-order chi connectivity index (χ0) is 14.1. The van der Waals surface area contributed by atoms with Gasteiger partial charge in [0.1, 0.15) is 5.75 Å². The highest BCUT2D eigenvalue weighted by Crippen LogP contribution is 2.35. The van der Waals surface area contributed by atoms with E-state index in [0.29, 0.717) is 6.04 Å². The van der Waals surface area contributed by atoms with Gasteiger partial charge in [-0.1, -0.05) is 6.07 Å². The third-order valence-corrected chi connectivity index (χ3v) is 4.33. The molecule has 110 valence electrons. The van der Waals surface area contributed by atoms with E-state index in [-0.39, 0.29) is 6.10 Å². The van der Waals surface area contributed by atoms with Gasteiger partial charge in [-0.2, -0.15) is 0 Å². The molecule has 0 amide bonds. The van der Waals surface area contributed by atoms with Crippen molar-refractivity contribution in [3.63, 3.8) is 0 Å². The van der Waals surface area contributed by atoms with Crippen molar-refractivity contribution >= 4 is 11.4 Å². The molecule has 4 nitrogen and oxygen atoms in total. The van der Waals surface area contributed by atoms with Crippen LogP contribution in [-0.2, 0) is 0 Å². The Kier molecular flexibility index (Phi) is 3.74. The molecule has 2 N–H and O–H groups in total. The number of ether oxygens (including phenoxy) is 1. The minimum atomic E-state index is 0.152. The van der Waals surface area contributed by atoms with Crippen LogP contribution in [-0.4, -0.2) is 43.2 Å². The van der Waals surface area contributed by atoms with Gasteiger partial charge >= 0.3 is 0 Å². The van der Waals surface area contributed by atoms with E-state index in [1.54, 1.807) is 0 Å². The van der Waals surface area contributed by atoms with Crippen molar-refractivity contribution in [1.29, 1.82) is 0 Å². The van der Waals surface area contributed by atoms with Gasteiger partial charge in [0.05, 0.1) is 17.5 Å². The number of nitrogens with two attached hydrogens (primary N) is 1. The molecule has 0 bridgehead atoms. The average Bonchev–Trinajstić information content (AvgIpc) is 2.88. The summed E-state index contributed by atoms with van der Waals surface area (Å²) in [5, 5.41) is 0. The van der Waals surface area contributed by atoms with Crippen molar-refractivity contribution in [2.24, 2.45) is 0 Å². The molecule has 20 heavy (non-hydrogen) atoms. The molecule has 1 aromatic carbocycles. The monoisotopic (exact) mass is 275 g/mol. The number of piperazine rings is 1. The predicted molar refractivity (Wildman–Crippen MR) is 83.4 cm³/mol. The number of nitrogens with zero attached hydrogens (tertiary/aromatic N) is 2. The first-order valence-electron chi connectivity index (χ1n) is 7.69. The predicted octanol–water partition coefficient (Wildman–Crippen LogP) is 2.34. The number of anilines is 2. The summed E-state index contributed by atoms with van der Waals surface area (Å²) in [7, 11) is 0. The number of hydrogen-bond donors (Lipinski definition) is 1. The van der Waals surface area contributed by atoms with Crippen LogP contribution >= 0.6 is 0 Å². The minimum absolute atomic E-state index is 0.152. The number of nitrogen functional groups attached to an aromatic ring is 1. The first-order chi connectivity index (χ1) is 9.65. The van der Waals surface area contributed by atoms with Crippen molar-refractivity contribution < 1.29 is 4.74 Å². The number of fused-ring (bicyclic) bond motifs is 1. The van der Waals surface area contributed by atoms with E-state index in [0.717, 1.165) is 36.8 Å². The second-order valence-corrected chi connectivity index (χ2v) is 6.13. The van der Waals surface area contributed by atoms with Gasteiger partial charge in [0.2, 0.25) is 0 Å². The smallest absolute Gasteiger partial charge is 0.144 e. The summed E-state index contributed by atoms with van der Waals surface area (Å²) in [5.74, 6) is 0.811. The fraction of sp³-hybridized carbons (Fsp3) is 0.625. The van der Waals surface area contributed by atoms with Crippen LogP contribution in [0, 0.1) is 0 Å². The van der Waals surface area contributed by atoms with Crippen molar-refractivity contribution in [3.05, 3.63) is 18.2 Å². The highest BCUT2D eigenvalue weighted by Gasteiger charge is 2.31. The Morgan fingerprint density at radius 3 is 2.90 bits per heavy atom. The standard InChI is InChI=1S/C16H25N3O/c1-12(2)20-15-7-3-6-14(16(15)17)19-10-9-18-8-4-5-13(18)11-19/h3,6-7,12-13H,4-5,8-11,17H2,1-2H3. The third-order valence-electron chi connectivity index (χ3n) is 4.33. The van der Waals surface area contributed by atoms with Crippen LogP contribution in [0.25, 0.3) is 0 Å². The van der Waals surface area contributed by atoms with Crippen LogP contribution < -0.4 is 15.4 Å². The van der Waals surface area contributed by atoms with Gasteiger partial charge in [-0.3, -0.25) is 4.90 Å². The molecule has 1 unspecified atom stereocenters. The normalized spacial score (nSPS) is 23.1. The Balaban J connectivity index is 1.79. The maximum Gasteiger partial charge on any atom is 0.144 e. The molecule has 2 heterocycles. The first-order valence-corrected chi connectivity index (χ1v) is 7.69. The zero-order valence-corrected chi connectivity index (χ0v) is 12.5. The lowest BCUT2D eigenvalue weighted by atomic mass is 10.1. The maximum atomic E-state index is 6.32. The Morgan fingerprint density at radius 2 is 2.10 bits per heavy atom. The summed E-state index contributed by atoms with van der Waals surface area (Å²) < 4.78 is 5.80. The van der Waals surface area contributed by atoms with Gasteiger partial charge in [-0.25, -0.2) is 0 Å². The number of para-hydroxylation sites is 1. The molecule has 3 rings (SSSR count). The second kappa shape index (κ2) is 5.52. The Bertz CT molecular complexity index is 475. The second-order valence-electron chi connectivity index (χ2n) is 6.13. The van der Waals surface area contributed by atoms with Gasteiger partial charge in [-0.05, 0) is 45.4 Å². The van der Waals surface area contributed by atoms with E-state index in [1.807, 2.05) is 26.0 Å². The topological polar surface area (TPSA) is 41.7 Å². The molecule has 2 saturated heterocycles. The third kappa shape index (κ3) is 2.57. The number of hydrogen-bond acceptors (Lipinski definition) is 4. The molecule has 0 spiro atoms. The lowest BCUT2D eigenvalue weighted by molar-refractivity contribution is 0.230. The summed E-state index contributed by atoms with van der Waals surface area (Å²) in [6.07, 6.45) is 2.81. The van der Waals surface area contributed by atoms with E-state index < -0.39 is 0 Å². The van der Waals surface area contributed by atoms with Crippen molar-refractivity contribution in [1.82, 2.24) is 4.90 Å². The molecule has 4 heteroatoms. The SMILES string of the molecule is CC(C)Oc1cccc(N2CCN3CCCC3C2)c1N. The molecule has 0 aliphatic carbocycles. The molecule has 0 saturated carbocycles. The summed E-state index contributed by atoms with van der Waals surface area (Å²) in [4.78, 5) is 5.04. The lowest BCUT2D eigenvalue weighted by Gasteiger charge is -2.39. The first kappa shape index (κ1) is 13.6. The molecule has 1 aromatic rings. The quantitative estimate of drug-likeness (QED) is 0.860. The highest BCUT2D eigenvalue weighted by atomic mass is 16.5. The van der Waals surface area contributed by atoms with Crippen molar-refractivity contribution in [2.45, 2.75) is 38.8 Å². The van der Waals surface area contributed by atoms with Gasteiger partial charge in [0.15, 0.2) is 0 Å². The van der Waals surface area contributed by atoms with E-state index in [9.17, 15) is 0 Å². The van der Waals surface area contributed by atoms with Crippen LogP contribution in [0.3, 0.4) is 0 Å². The van der Waals surface area contributed by atoms with Gasteiger partial charge < -0.3 is 15.4 Å². The fourth-order valence-electron chi connectivity index (χ4n) is 3.37. The Morgan fingerprint density at radius 1 is 1.25 bits per heavy atom. The lowest BCUT2D eigenvalue weighted by Crippen LogP contribution is -2.50. The van der Waals surface area contributed by atoms with Crippen molar-refractivity contribution in [2.75, 3.05) is 36.8 Å². The van der Waals surface area contributed by atoms with Crippen LogP contribution in [0.15, 0.2) is 18.2 Å². The summed E-state index contributed by atoms with van der Waals surface area (Å²) in [6, 6.07) is 6.83. The van der Waals surface area contributed by atoms with Crippen LogP contribution in [0.2, 0.25) is 0 Å². The van der Waals surface area contributed by atoms with E-state index in [1.165, 1.54) is 19.4 Å². The van der Waals surface area contributed by atoms with Crippen LogP contribution in [0.5, 0.6) is 5.75 Å². The minimum Gasteiger partial charge on any atom is -0.489 e. The van der Waals surface area contributed by atoms with E-state index >= 15 is 0 Å². The molecule has 0 aromatic heterocycles. The molecule has 2 aliphatic rings. The highest BCUT2D eigenvalue weighted by molar-refractivity contribution is 5.74. The largest absolute Gasteiger partial charge is 0.489 e. The average molecular weight is 275 g/mol. The van der Waals surface area contributed by atoms with Crippen LogP contribution in [0.1, 0.15) is 26.7 Å². The van der Waals surface area contributed by atoms with E-state index in [2.05, 4.69) is 15.9 Å². The number of benzene rings is 1. The Labute approximate surface area is 121 Å². The van der Waals surface area contributed by atoms with E-state index in [4.69, 9.17) is 10.5 Å². The fourth-order valence-corrected chi connectivity index (χ4v) is 3.37. The van der Waals surface area contributed by atoms with Crippen LogP contribution in [0.4, 0.5) is 11.4 Å². The Hall–Kier alpha value is -1.42. The van der Waals surface area contributed by atoms with Gasteiger partial charge in [-0.15, -0.1) is 0 Å². The maximum absolute atomic E-state index is 6.32. The summed E-state index contributed by atoms with van der Waals surface area (Å²) in [5.41, 5.74) is 8.24. The van der Waals surface area contributed by atoms with Gasteiger partial charge in [0.25, 0.3) is 0 Å². The summed E-state index contributed by atoms with van der Waals surface area (Å²) >= 11 is 0. The molecular weight excluding hydrogens is 250 g/mol. The van der Waals surface area contributed by atoms with Crippen molar-refractivity contribution in [3.8, 4) is 5.75 Å².